The predicted octanol–water partition coefficient (Wildman–Crippen LogP) is 4.49. The predicted molar refractivity (Wildman–Crippen MR) is 66.7 cm³/mol. The Morgan fingerprint density at radius 3 is 1.53 bits per heavy atom. The normalized spacial score (nSPS) is 21.1. The molecule has 2 rings (SSSR count). The largest absolute Gasteiger partial charge is 0.0588 e. The average Bonchev–Trinajstić information content (AvgIpc) is 2.44. The van der Waals surface area contributed by atoms with E-state index in [1.807, 2.05) is 0 Å². The van der Waals surface area contributed by atoms with Gasteiger partial charge in [0.1, 0.15) is 0 Å². The van der Waals surface area contributed by atoms with E-state index in [1.54, 1.807) is 0 Å². The van der Waals surface area contributed by atoms with Gasteiger partial charge >= 0.3 is 0 Å². The molecule has 0 radical (unpaired) electrons. The second-order valence-corrected chi connectivity index (χ2v) is 4.53. The Bertz CT molecular complexity index is 406. The van der Waals surface area contributed by atoms with Crippen LogP contribution in [0.2, 0.25) is 0 Å². The van der Waals surface area contributed by atoms with E-state index in [0.29, 0.717) is 0 Å². The van der Waals surface area contributed by atoms with Gasteiger partial charge in [0.25, 0.3) is 0 Å². The van der Waals surface area contributed by atoms with Crippen LogP contribution in [0.1, 0.15) is 34.1 Å². The van der Waals surface area contributed by atoms with E-state index < -0.39 is 0 Å². The van der Waals surface area contributed by atoms with E-state index in [1.165, 1.54) is 33.4 Å². The lowest BCUT2D eigenvalue weighted by atomic mass is 9.94. The Kier molecular flexibility index (Phi) is 2.52. The van der Waals surface area contributed by atoms with Gasteiger partial charge in [-0.05, 0) is 67.6 Å². The highest BCUT2D eigenvalue weighted by atomic mass is 14.2. The van der Waals surface area contributed by atoms with Gasteiger partial charge in [0, 0.05) is 0 Å². The molecule has 15 heavy (non-hydrogen) atoms. The zero-order chi connectivity index (χ0) is 11.0. The Labute approximate surface area is 92.4 Å². The minimum Gasteiger partial charge on any atom is -0.0588 e. The molecule has 0 fully saturated rings. The fourth-order valence-corrected chi connectivity index (χ4v) is 2.26. The van der Waals surface area contributed by atoms with E-state index >= 15 is 0 Å². The second kappa shape index (κ2) is 3.69. The van der Waals surface area contributed by atoms with Crippen LogP contribution in [0, 0.1) is 0 Å². The Balaban J connectivity index is 2.65. The van der Waals surface area contributed by atoms with Crippen molar-refractivity contribution in [3.63, 3.8) is 0 Å². The molecular formula is C15H18. The molecule has 0 aliphatic heterocycles. The van der Waals surface area contributed by atoms with E-state index in [4.69, 9.17) is 0 Å². The monoisotopic (exact) mass is 198 g/mol. The number of allylic oxidation sites excluding steroid dienone is 10. The van der Waals surface area contributed by atoms with Gasteiger partial charge in [0.15, 0.2) is 0 Å². The van der Waals surface area contributed by atoms with Gasteiger partial charge in [0.2, 0.25) is 0 Å². The van der Waals surface area contributed by atoms with Gasteiger partial charge in [0.05, 0.1) is 0 Å². The highest BCUT2D eigenvalue weighted by Crippen LogP contribution is 2.34. The lowest BCUT2D eigenvalue weighted by Crippen LogP contribution is -1.92. The third kappa shape index (κ3) is 1.77. The maximum absolute atomic E-state index is 2.24. The topological polar surface area (TPSA) is 0 Å². The summed E-state index contributed by atoms with van der Waals surface area (Å²) in [6.07, 6.45) is 10.1. The van der Waals surface area contributed by atoms with Gasteiger partial charge in [-0.3, -0.25) is 0 Å². The molecule has 0 aromatic carbocycles. The molecule has 2 aliphatic carbocycles. The lowest BCUT2D eigenvalue weighted by Gasteiger charge is -2.11. The average molecular weight is 198 g/mol. The van der Waals surface area contributed by atoms with Crippen LogP contribution < -0.4 is 0 Å². The highest BCUT2D eigenvalue weighted by molar-refractivity contribution is 5.55. The van der Waals surface area contributed by atoms with Gasteiger partial charge < -0.3 is 0 Å². The molecule has 0 spiro atoms. The molecule has 0 heteroatoms. The molecule has 0 aromatic rings. The molecule has 0 unspecified atom stereocenters. The van der Waals surface area contributed by atoms with E-state index in [9.17, 15) is 0 Å². The van der Waals surface area contributed by atoms with Crippen molar-refractivity contribution in [2.24, 2.45) is 0 Å². The summed E-state index contributed by atoms with van der Waals surface area (Å²) in [4.78, 5) is 0. The number of fused-ring (bicyclic) bond motifs is 2. The molecule has 0 atom stereocenters. The Morgan fingerprint density at radius 1 is 0.733 bits per heavy atom. The van der Waals surface area contributed by atoms with Gasteiger partial charge in [-0.1, -0.05) is 24.3 Å². The van der Waals surface area contributed by atoms with Crippen LogP contribution in [-0.4, -0.2) is 0 Å². The summed E-state index contributed by atoms with van der Waals surface area (Å²) in [7, 11) is 0. The Morgan fingerprint density at radius 2 is 1.13 bits per heavy atom. The summed E-state index contributed by atoms with van der Waals surface area (Å²) in [6.45, 7) is 8.83. The van der Waals surface area contributed by atoms with Crippen molar-refractivity contribution in [1.29, 1.82) is 0 Å². The summed E-state index contributed by atoms with van der Waals surface area (Å²) in [5.41, 5.74) is 8.60. The first-order valence-corrected chi connectivity index (χ1v) is 5.53. The molecule has 0 aromatic heterocycles. The summed E-state index contributed by atoms with van der Waals surface area (Å²) < 4.78 is 0. The first kappa shape index (κ1) is 10.2. The van der Waals surface area contributed by atoms with Crippen molar-refractivity contribution in [1.82, 2.24) is 0 Å². The van der Waals surface area contributed by atoms with Crippen molar-refractivity contribution in [2.45, 2.75) is 34.1 Å². The molecule has 2 bridgehead atoms. The van der Waals surface area contributed by atoms with Crippen LogP contribution in [0.15, 0.2) is 57.7 Å². The smallest absolute Gasteiger partial charge is 0.00153 e. The van der Waals surface area contributed by atoms with E-state index in [0.717, 1.165) is 6.42 Å². The number of hydrogen-bond donors (Lipinski definition) is 0. The van der Waals surface area contributed by atoms with Crippen molar-refractivity contribution in [3.05, 3.63) is 57.7 Å². The molecule has 0 saturated heterocycles. The SMILES string of the molecule is CC1=CC=C(C)C2=C(C)C=CC(C)=C1C2. The first-order chi connectivity index (χ1) is 7.09. The van der Waals surface area contributed by atoms with Crippen molar-refractivity contribution >= 4 is 0 Å². The van der Waals surface area contributed by atoms with E-state index in [-0.39, 0.29) is 0 Å². The molecule has 0 saturated carbocycles. The highest BCUT2D eigenvalue weighted by Gasteiger charge is 2.15. The van der Waals surface area contributed by atoms with Crippen molar-refractivity contribution in [3.8, 4) is 0 Å². The number of hydrogen-bond acceptors (Lipinski definition) is 0. The minimum atomic E-state index is 1.09. The fraction of sp³-hybridized carbons (Fsp3) is 0.333. The molecule has 0 amide bonds. The summed E-state index contributed by atoms with van der Waals surface area (Å²) in [6, 6.07) is 0. The summed E-state index contributed by atoms with van der Waals surface area (Å²) >= 11 is 0. The first-order valence-electron chi connectivity index (χ1n) is 5.53. The van der Waals surface area contributed by atoms with Crippen LogP contribution >= 0.6 is 0 Å². The maximum atomic E-state index is 2.24. The summed E-state index contributed by atoms with van der Waals surface area (Å²) in [5.74, 6) is 0. The van der Waals surface area contributed by atoms with Gasteiger partial charge in [-0.25, -0.2) is 0 Å². The Hall–Kier alpha value is -1.30. The van der Waals surface area contributed by atoms with Crippen molar-refractivity contribution in [2.75, 3.05) is 0 Å². The quantitative estimate of drug-likeness (QED) is 0.538. The van der Waals surface area contributed by atoms with E-state index in [2.05, 4.69) is 52.0 Å². The van der Waals surface area contributed by atoms with Gasteiger partial charge in [-0.15, -0.1) is 0 Å². The zero-order valence-electron chi connectivity index (χ0n) is 10.0. The second-order valence-electron chi connectivity index (χ2n) is 4.53. The van der Waals surface area contributed by atoms with Crippen molar-refractivity contribution < 1.29 is 0 Å². The van der Waals surface area contributed by atoms with Gasteiger partial charge in [-0.2, -0.15) is 0 Å². The lowest BCUT2D eigenvalue weighted by molar-refractivity contribution is 1.10. The fourth-order valence-electron chi connectivity index (χ4n) is 2.26. The molecule has 0 heterocycles. The standard InChI is InChI=1S/C15H18/c1-10-5-6-12(3)15-9-14(10)11(2)7-8-13(15)4/h5-8H,9H2,1-4H3. The zero-order valence-corrected chi connectivity index (χ0v) is 10.0. The van der Waals surface area contributed by atoms with Crippen LogP contribution in [-0.2, 0) is 0 Å². The third-order valence-electron chi connectivity index (χ3n) is 3.42. The van der Waals surface area contributed by atoms with Crippen LogP contribution in [0.25, 0.3) is 0 Å². The minimum absolute atomic E-state index is 1.09. The molecule has 78 valence electrons. The summed E-state index contributed by atoms with van der Waals surface area (Å²) in [5, 5.41) is 0. The molecule has 2 aliphatic rings. The molecular weight excluding hydrogens is 180 g/mol. The van der Waals surface area contributed by atoms with Crippen LogP contribution in [0.4, 0.5) is 0 Å². The molecule has 0 nitrogen and oxygen atoms in total. The molecule has 0 N–H and O–H groups in total. The van der Waals surface area contributed by atoms with Crippen LogP contribution in [0.5, 0.6) is 0 Å². The third-order valence-corrected chi connectivity index (χ3v) is 3.42. The number of rotatable bonds is 0. The maximum Gasteiger partial charge on any atom is -0.00153 e. The van der Waals surface area contributed by atoms with Crippen LogP contribution in [0.3, 0.4) is 0 Å².